The second-order valence-corrected chi connectivity index (χ2v) is 4.73. The maximum atomic E-state index is 12.0. The van der Waals surface area contributed by atoms with E-state index in [0.29, 0.717) is 5.82 Å². The van der Waals surface area contributed by atoms with Crippen LogP contribution in [0.2, 0.25) is 0 Å². The molecule has 2 rings (SSSR count). The highest BCUT2D eigenvalue weighted by Gasteiger charge is 2.29. The van der Waals surface area contributed by atoms with E-state index in [0.717, 1.165) is 37.4 Å². The lowest BCUT2D eigenvalue weighted by Crippen LogP contribution is -2.49. The van der Waals surface area contributed by atoms with Crippen molar-refractivity contribution in [2.24, 2.45) is 0 Å². The van der Waals surface area contributed by atoms with Gasteiger partial charge in [-0.3, -0.25) is 4.79 Å². The summed E-state index contributed by atoms with van der Waals surface area (Å²) in [7, 11) is 3.51. The Kier molecular flexibility index (Phi) is 4.19. The molecular weight excluding hydrogens is 242 g/mol. The molecule has 0 radical (unpaired) electrons. The molecule has 1 aromatic heterocycles. The molecule has 0 bridgehead atoms. The Morgan fingerprint density at radius 1 is 1.37 bits per heavy atom. The zero-order valence-electron chi connectivity index (χ0n) is 11.7. The van der Waals surface area contributed by atoms with Crippen LogP contribution in [0.5, 0.6) is 0 Å². The lowest BCUT2D eigenvalue weighted by molar-refractivity contribution is -0.122. The van der Waals surface area contributed by atoms with Gasteiger partial charge < -0.3 is 15.5 Å². The monoisotopic (exact) mass is 263 g/mol. The maximum Gasteiger partial charge on any atom is 0.242 e. The van der Waals surface area contributed by atoms with E-state index in [1.54, 1.807) is 7.05 Å². The van der Waals surface area contributed by atoms with Crippen molar-refractivity contribution in [3.05, 3.63) is 11.9 Å². The van der Waals surface area contributed by atoms with Gasteiger partial charge in [-0.1, -0.05) is 0 Å². The Hall–Kier alpha value is -1.85. The summed E-state index contributed by atoms with van der Waals surface area (Å²) >= 11 is 0. The van der Waals surface area contributed by atoms with Crippen LogP contribution >= 0.6 is 0 Å². The summed E-state index contributed by atoms with van der Waals surface area (Å²) in [6.45, 7) is 2.72. The molecule has 1 aliphatic rings. The van der Waals surface area contributed by atoms with Crippen molar-refractivity contribution < 1.29 is 4.79 Å². The Morgan fingerprint density at radius 3 is 2.84 bits per heavy atom. The minimum atomic E-state index is -0.127. The highest BCUT2D eigenvalue weighted by molar-refractivity contribution is 5.85. The number of nitrogens with one attached hydrogen (secondary N) is 2. The van der Waals surface area contributed by atoms with Gasteiger partial charge in [0.2, 0.25) is 5.91 Å². The number of hydrogen-bond acceptors (Lipinski definition) is 5. The SMILES string of the molecule is CNC(=O)C1CCCCN1c1cc(NC)nc(C)n1. The van der Waals surface area contributed by atoms with E-state index >= 15 is 0 Å². The third-order valence-electron chi connectivity index (χ3n) is 3.43. The molecule has 1 atom stereocenters. The van der Waals surface area contributed by atoms with E-state index < -0.39 is 0 Å². The fourth-order valence-corrected chi connectivity index (χ4v) is 2.47. The first-order valence-corrected chi connectivity index (χ1v) is 6.67. The standard InChI is InChI=1S/C13H21N5O/c1-9-16-11(14-2)8-12(17-9)18-7-5-4-6-10(18)13(19)15-3/h8,10H,4-7H2,1-3H3,(H,15,19)(H,14,16,17). The fourth-order valence-electron chi connectivity index (χ4n) is 2.47. The number of amides is 1. The summed E-state index contributed by atoms with van der Waals surface area (Å²) in [5.41, 5.74) is 0. The van der Waals surface area contributed by atoms with Crippen molar-refractivity contribution in [1.82, 2.24) is 15.3 Å². The molecule has 1 fully saturated rings. The third kappa shape index (κ3) is 2.94. The van der Waals surface area contributed by atoms with Gasteiger partial charge >= 0.3 is 0 Å². The number of carbonyl (C=O) groups is 1. The predicted octanol–water partition coefficient (Wildman–Crippen LogP) is 0.932. The number of hydrogen-bond donors (Lipinski definition) is 2. The summed E-state index contributed by atoms with van der Waals surface area (Å²) in [6, 6.07) is 1.77. The van der Waals surface area contributed by atoms with Crippen LogP contribution in [0.25, 0.3) is 0 Å². The van der Waals surface area contributed by atoms with Crippen LogP contribution in [0.15, 0.2) is 6.07 Å². The predicted molar refractivity (Wildman–Crippen MR) is 75.4 cm³/mol. The van der Waals surface area contributed by atoms with Crippen LogP contribution in [0.4, 0.5) is 11.6 Å². The lowest BCUT2D eigenvalue weighted by atomic mass is 10.0. The molecule has 0 spiro atoms. The van der Waals surface area contributed by atoms with Gasteiger partial charge in [-0.2, -0.15) is 0 Å². The van der Waals surface area contributed by atoms with Crippen LogP contribution < -0.4 is 15.5 Å². The van der Waals surface area contributed by atoms with Gasteiger partial charge in [0, 0.05) is 26.7 Å². The lowest BCUT2D eigenvalue weighted by Gasteiger charge is -2.35. The number of aryl methyl sites for hydroxylation is 1. The van der Waals surface area contributed by atoms with Gasteiger partial charge in [0.1, 0.15) is 23.5 Å². The second kappa shape index (κ2) is 5.86. The first-order chi connectivity index (χ1) is 9.15. The van der Waals surface area contributed by atoms with Crippen molar-refractivity contribution in [3.63, 3.8) is 0 Å². The Bertz CT molecular complexity index is 462. The van der Waals surface area contributed by atoms with E-state index in [2.05, 4.69) is 25.5 Å². The molecule has 19 heavy (non-hydrogen) atoms. The van der Waals surface area contributed by atoms with Gasteiger partial charge in [0.25, 0.3) is 0 Å². The summed E-state index contributed by atoms with van der Waals surface area (Å²) < 4.78 is 0. The molecule has 2 N–H and O–H groups in total. The van der Waals surface area contributed by atoms with Gasteiger partial charge in [-0.05, 0) is 26.2 Å². The van der Waals surface area contributed by atoms with Crippen molar-refractivity contribution in [1.29, 1.82) is 0 Å². The smallest absolute Gasteiger partial charge is 0.242 e. The van der Waals surface area contributed by atoms with Gasteiger partial charge in [0.15, 0.2) is 0 Å². The number of piperidine rings is 1. The first-order valence-electron chi connectivity index (χ1n) is 6.67. The van der Waals surface area contributed by atoms with Crippen molar-refractivity contribution in [2.45, 2.75) is 32.2 Å². The number of nitrogens with zero attached hydrogens (tertiary/aromatic N) is 3. The normalized spacial score (nSPS) is 19.1. The van der Waals surface area contributed by atoms with Gasteiger partial charge in [-0.25, -0.2) is 9.97 Å². The molecule has 6 heteroatoms. The zero-order valence-corrected chi connectivity index (χ0v) is 11.7. The molecule has 0 saturated carbocycles. The molecule has 6 nitrogen and oxygen atoms in total. The number of carbonyl (C=O) groups excluding carboxylic acids is 1. The Morgan fingerprint density at radius 2 is 2.16 bits per heavy atom. The van der Waals surface area contributed by atoms with Crippen LogP contribution in [-0.2, 0) is 4.79 Å². The van der Waals surface area contributed by atoms with Crippen LogP contribution in [-0.4, -0.2) is 42.6 Å². The average molecular weight is 263 g/mol. The molecule has 0 aromatic carbocycles. The van der Waals surface area contributed by atoms with E-state index in [4.69, 9.17) is 0 Å². The van der Waals surface area contributed by atoms with Crippen molar-refractivity contribution in [2.75, 3.05) is 30.9 Å². The van der Waals surface area contributed by atoms with Crippen LogP contribution in [0.3, 0.4) is 0 Å². The summed E-state index contributed by atoms with van der Waals surface area (Å²) in [5.74, 6) is 2.37. The van der Waals surface area contributed by atoms with Gasteiger partial charge in [-0.15, -0.1) is 0 Å². The molecule has 1 saturated heterocycles. The molecule has 0 aliphatic carbocycles. The van der Waals surface area contributed by atoms with E-state index in [-0.39, 0.29) is 11.9 Å². The topological polar surface area (TPSA) is 70.2 Å². The van der Waals surface area contributed by atoms with Crippen LogP contribution in [0.1, 0.15) is 25.1 Å². The number of aromatic nitrogens is 2. The minimum Gasteiger partial charge on any atom is -0.373 e. The number of likely N-dealkylation sites (N-methyl/N-ethyl adjacent to an activating group) is 1. The van der Waals surface area contributed by atoms with E-state index in [9.17, 15) is 4.79 Å². The molecule has 1 amide bonds. The first kappa shape index (κ1) is 13.6. The Balaban J connectivity index is 2.31. The zero-order chi connectivity index (χ0) is 13.8. The van der Waals surface area contributed by atoms with E-state index in [1.165, 1.54) is 0 Å². The quantitative estimate of drug-likeness (QED) is 0.849. The average Bonchev–Trinajstić information content (AvgIpc) is 2.45. The van der Waals surface area contributed by atoms with Crippen LogP contribution in [0, 0.1) is 6.92 Å². The molecule has 1 aliphatic heterocycles. The second-order valence-electron chi connectivity index (χ2n) is 4.73. The summed E-state index contributed by atoms with van der Waals surface area (Å²) in [4.78, 5) is 22.8. The maximum absolute atomic E-state index is 12.0. The number of rotatable bonds is 3. The Labute approximate surface area is 113 Å². The third-order valence-corrected chi connectivity index (χ3v) is 3.43. The minimum absolute atomic E-state index is 0.0574. The highest BCUT2D eigenvalue weighted by Crippen LogP contribution is 2.24. The van der Waals surface area contributed by atoms with Crippen molar-refractivity contribution >= 4 is 17.5 Å². The summed E-state index contributed by atoms with van der Waals surface area (Å²) in [6.07, 6.45) is 3.04. The molecule has 2 heterocycles. The summed E-state index contributed by atoms with van der Waals surface area (Å²) in [5, 5.41) is 5.77. The van der Waals surface area contributed by atoms with Gasteiger partial charge in [0.05, 0.1) is 0 Å². The molecular formula is C13H21N5O. The highest BCUT2D eigenvalue weighted by atomic mass is 16.2. The van der Waals surface area contributed by atoms with E-state index in [1.807, 2.05) is 20.0 Å². The molecule has 1 aromatic rings. The number of anilines is 2. The fraction of sp³-hybridized carbons (Fsp3) is 0.615. The van der Waals surface area contributed by atoms with Crippen molar-refractivity contribution in [3.8, 4) is 0 Å². The largest absolute Gasteiger partial charge is 0.373 e. The molecule has 1 unspecified atom stereocenters. The molecule has 104 valence electrons.